The van der Waals surface area contributed by atoms with Gasteiger partial charge in [0.2, 0.25) is 0 Å². The van der Waals surface area contributed by atoms with Gasteiger partial charge in [-0.15, -0.1) is 0 Å². The Hall–Kier alpha value is -4.11. The highest BCUT2D eigenvalue weighted by molar-refractivity contribution is 5.94. The molecular formula is C38H41N3. The molecule has 0 amide bonds. The van der Waals surface area contributed by atoms with Gasteiger partial charge in [0, 0.05) is 22.3 Å². The summed E-state index contributed by atoms with van der Waals surface area (Å²) in [6.45, 7) is 11.3. The second-order valence-electron chi connectivity index (χ2n) is 12.1. The summed E-state index contributed by atoms with van der Waals surface area (Å²) in [6.07, 6.45) is 3.41. The molecule has 0 saturated heterocycles. The van der Waals surface area contributed by atoms with Crippen molar-refractivity contribution < 1.29 is 0 Å². The number of para-hydroxylation sites is 3. The lowest BCUT2D eigenvalue weighted by molar-refractivity contribution is 0.601. The Bertz CT molecular complexity index is 1670. The molecule has 208 valence electrons. The van der Waals surface area contributed by atoms with E-state index in [1.807, 2.05) is 0 Å². The summed E-state index contributed by atoms with van der Waals surface area (Å²) in [4.78, 5) is 5.37. The summed E-state index contributed by atoms with van der Waals surface area (Å²) in [6, 6.07) is 33.2. The fourth-order valence-corrected chi connectivity index (χ4v) is 6.40. The second kappa shape index (κ2) is 11.4. The highest BCUT2D eigenvalue weighted by atomic mass is 14.9. The smallest absolute Gasteiger partial charge is 0.0944 e. The predicted octanol–water partition coefficient (Wildman–Crippen LogP) is 10.7. The molecule has 2 N–H and O–H groups in total. The van der Waals surface area contributed by atoms with Crippen LogP contribution in [0.25, 0.3) is 22.2 Å². The lowest BCUT2D eigenvalue weighted by Crippen LogP contribution is -2.19. The van der Waals surface area contributed by atoms with Crippen molar-refractivity contribution in [2.24, 2.45) is 0 Å². The van der Waals surface area contributed by atoms with Crippen LogP contribution in [-0.4, -0.2) is 4.98 Å². The third kappa shape index (κ3) is 5.34. The van der Waals surface area contributed by atoms with Gasteiger partial charge in [-0.3, -0.25) is 0 Å². The zero-order valence-corrected chi connectivity index (χ0v) is 25.0. The van der Waals surface area contributed by atoms with Crippen molar-refractivity contribution in [1.29, 1.82) is 0 Å². The van der Waals surface area contributed by atoms with Crippen LogP contribution in [0, 0.1) is 6.92 Å². The number of hydrogen-bond donors (Lipinski definition) is 2. The predicted molar refractivity (Wildman–Crippen MR) is 176 cm³/mol. The van der Waals surface area contributed by atoms with Crippen molar-refractivity contribution in [3.05, 3.63) is 119 Å². The molecule has 0 radical (unpaired) electrons. The Kier molecular flexibility index (Phi) is 7.53. The van der Waals surface area contributed by atoms with Crippen molar-refractivity contribution in [1.82, 2.24) is 4.98 Å². The minimum Gasteiger partial charge on any atom is -0.378 e. The first-order chi connectivity index (χ1) is 19.9. The number of aryl methyl sites for hydroxylation is 2. The van der Waals surface area contributed by atoms with Crippen LogP contribution in [0.15, 0.2) is 91.0 Å². The van der Waals surface area contributed by atoms with E-state index in [1.54, 1.807) is 0 Å². The van der Waals surface area contributed by atoms with Gasteiger partial charge in [-0.2, -0.15) is 0 Å². The molecule has 0 aliphatic heterocycles. The molecule has 5 aromatic rings. The fraction of sp³-hybridized carbons (Fsp3) is 0.289. The zero-order chi connectivity index (χ0) is 28.5. The van der Waals surface area contributed by atoms with E-state index in [1.165, 1.54) is 51.2 Å². The third-order valence-electron chi connectivity index (χ3n) is 8.59. The fourth-order valence-electron chi connectivity index (χ4n) is 6.40. The Morgan fingerprint density at radius 3 is 2.20 bits per heavy atom. The maximum absolute atomic E-state index is 5.37. The Balaban J connectivity index is 1.45. The van der Waals surface area contributed by atoms with E-state index >= 15 is 0 Å². The van der Waals surface area contributed by atoms with Crippen LogP contribution in [0.5, 0.6) is 0 Å². The molecule has 3 heteroatoms. The summed E-state index contributed by atoms with van der Waals surface area (Å²) in [7, 11) is 0. The Labute approximate surface area is 245 Å². The highest BCUT2D eigenvalue weighted by Crippen LogP contribution is 2.41. The first-order valence-electron chi connectivity index (χ1n) is 15.1. The number of pyridine rings is 1. The van der Waals surface area contributed by atoms with Gasteiger partial charge in [0.05, 0.1) is 22.9 Å². The van der Waals surface area contributed by atoms with Gasteiger partial charge >= 0.3 is 0 Å². The van der Waals surface area contributed by atoms with Crippen LogP contribution in [-0.2, 0) is 6.42 Å². The van der Waals surface area contributed by atoms with E-state index in [4.69, 9.17) is 4.98 Å². The summed E-state index contributed by atoms with van der Waals surface area (Å²) in [5.74, 6) is 0.839. The van der Waals surface area contributed by atoms with Gasteiger partial charge in [0.1, 0.15) is 0 Å². The SMILES string of the molecule is Cc1ccccc1NC1CCCc2cccc(-c3ccc4cccc(Nc5c(C(C)C)cccc5C(C)C)c4n3)c21. The minimum atomic E-state index is 0.258. The van der Waals surface area contributed by atoms with Crippen LogP contribution >= 0.6 is 0 Å². The lowest BCUT2D eigenvalue weighted by atomic mass is 9.83. The van der Waals surface area contributed by atoms with E-state index < -0.39 is 0 Å². The number of hydrogen-bond acceptors (Lipinski definition) is 3. The normalized spacial score (nSPS) is 14.9. The van der Waals surface area contributed by atoms with E-state index in [2.05, 4.69) is 136 Å². The molecule has 3 nitrogen and oxygen atoms in total. The first kappa shape index (κ1) is 27.1. The number of fused-ring (bicyclic) bond motifs is 2. The van der Waals surface area contributed by atoms with Crippen molar-refractivity contribution in [2.45, 2.75) is 71.8 Å². The standard InChI is InChI=1S/C38H41N3/c1-24(2)29-16-11-17-30(25(3)4)38(29)41-35-21-10-15-28-22-23-33(40-37(28)35)31-18-8-13-27-14-9-20-34(36(27)31)39-32-19-7-6-12-26(32)5/h6-8,10-13,15-19,21-25,34,39,41H,9,14,20H2,1-5H3. The van der Waals surface area contributed by atoms with Crippen LogP contribution in [0.2, 0.25) is 0 Å². The summed E-state index contributed by atoms with van der Waals surface area (Å²) < 4.78 is 0. The van der Waals surface area contributed by atoms with Crippen molar-refractivity contribution >= 4 is 28.0 Å². The molecule has 6 rings (SSSR count). The molecule has 1 aromatic heterocycles. The van der Waals surface area contributed by atoms with Crippen molar-refractivity contribution in [3.63, 3.8) is 0 Å². The molecule has 1 unspecified atom stereocenters. The molecule has 0 spiro atoms. The largest absolute Gasteiger partial charge is 0.378 e. The van der Waals surface area contributed by atoms with Crippen LogP contribution < -0.4 is 10.6 Å². The van der Waals surface area contributed by atoms with Gasteiger partial charge in [-0.05, 0) is 84.0 Å². The van der Waals surface area contributed by atoms with Gasteiger partial charge in [-0.1, -0.05) is 100 Å². The summed E-state index contributed by atoms with van der Waals surface area (Å²) in [5.41, 5.74) is 13.5. The number of benzene rings is 4. The topological polar surface area (TPSA) is 37.0 Å². The molecule has 1 heterocycles. The summed E-state index contributed by atoms with van der Waals surface area (Å²) in [5, 5.41) is 8.90. The number of aromatic nitrogens is 1. The Morgan fingerprint density at radius 1 is 0.732 bits per heavy atom. The first-order valence-corrected chi connectivity index (χ1v) is 15.1. The van der Waals surface area contributed by atoms with Gasteiger partial charge in [0.25, 0.3) is 0 Å². The quantitative estimate of drug-likeness (QED) is 0.216. The van der Waals surface area contributed by atoms with E-state index in [-0.39, 0.29) is 6.04 Å². The molecule has 1 atom stereocenters. The number of nitrogens with zero attached hydrogens (tertiary/aromatic N) is 1. The zero-order valence-electron chi connectivity index (χ0n) is 25.0. The van der Waals surface area contributed by atoms with Crippen LogP contribution in [0.3, 0.4) is 0 Å². The third-order valence-corrected chi connectivity index (χ3v) is 8.59. The highest BCUT2D eigenvalue weighted by Gasteiger charge is 2.25. The van der Waals surface area contributed by atoms with E-state index in [0.717, 1.165) is 35.1 Å². The van der Waals surface area contributed by atoms with Gasteiger partial charge in [-0.25, -0.2) is 4.98 Å². The van der Waals surface area contributed by atoms with Gasteiger partial charge in [0.15, 0.2) is 0 Å². The Morgan fingerprint density at radius 2 is 1.44 bits per heavy atom. The molecule has 41 heavy (non-hydrogen) atoms. The minimum absolute atomic E-state index is 0.258. The van der Waals surface area contributed by atoms with Crippen LogP contribution in [0.4, 0.5) is 17.1 Å². The van der Waals surface area contributed by atoms with Crippen molar-refractivity contribution in [3.8, 4) is 11.3 Å². The average Bonchev–Trinajstić information content (AvgIpc) is 2.98. The number of anilines is 3. The molecule has 1 aliphatic carbocycles. The molecular weight excluding hydrogens is 498 g/mol. The maximum atomic E-state index is 5.37. The number of nitrogens with one attached hydrogen (secondary N) is 2. The monoisotopic (exact) mass is 539 g/mol. The molecule has 1 aliphatic rings. The summed E-state index contributed by atoms with van der Waals surface area (Å²) >= 11 is 0. The van der Waals surface area contributed by atoms with E-state index in [9.17, 15) is 0 Å². The maximum Gasteiger partial charge on any atom is 0.0944 e. The van der Waals surface area contributed by atoms with Crippen LogP contribution in [0.1, 0.15) is 86.2 Å². The lowest BCUT2D eigenvalue weighted by Gasteiger charge is -2.30. The number of rotatable bonds is 7. The molecule has 4 aromatic carbocycles. The molecule has 0 fully saturated rings. The van der Waals surface area contributed by atoms with Crippen molar-refractivity contribution in [2.75, 3.05) is 10.6 Å². The average molecular weight is 540 g/mol. The molecule has 0 bridgehead atoms. The van der Waals surface area contributed by atoms with E-state index in [0.29, 0.717) is 11.8 Å². The van der Waals surface area contributed by atoms with Gasteiger partial charge < -0.3 is 10.6 Å². The molecule has 0 saturated carbocycles. The second-order valence-corrected chi connectivity index (χ2v) is 12.1.